The summed E-state index contributed by atoms with van der Waals surface area (Å²) in [5.74, 6) is -0.528. The molecule has 1 atom stereocenters. The van der Waals surface area contributed by atoms with Gasteiger partial charge < -0.3 is 9.47 Å². The minimum atomic E-state index is -0.594. The zero-order valence-corrected chi connectivity index (χ0v) is 16.1. The van der Waals surface area contributed by atoms with Crippen LogP contribution in [-0.4, -0.2) is 44.9 Å². The summed E-state index contributed by atoms with van der Waals surface area (Å²) in [6, 6.07) is 14.2. The van der Waals surface area contributed by atoms with Crippen molar-refractivity contribution in [1.29, 1.82) is 0 Å². The topological polar surface area (TPSA) is 68.2 Å². The standard InChI is InChI=1S/C22H24N2O4/c1-3-28-17-11-9-16(10-12-17)24-21(25)19-8-5-4-7-18(19)20(22(24)26)15-23-13-6-14-27-2/h4-5,7-12,15,20H,3,6,13-14H2,1-2H3/t20-/m1/s1. The fraction of sp³-hybridized carbons (Fsp3) is 0.318. The van der Waals surface area contributed by atoms with Crippen molar-refractivity contribution in [3.63, 3.8) is 0 Å². The Bertz CT molecular complexity index is 861. The van der Waals surface area contributed by atoms with E-state index in [2.05, 4.69) is 4.99 Å². The van der Waals surface area contributed by atoms with Crippen molar-refractivity contribution >= 4 is 23.7 Å². The quantitative estimate of drug-likeness (QED) is 0.400. The summed E-state index contributed by atoms with van der Waals surface area (Å²) in [6.45, 7) is 3.63. The smallest absolute Gasteiger partial charge is 0.265 e. The Labute approximate surface area is 164 Å². The van der Waals surface area contributed by atoms with Gasteiger partial charge in [-0.15, -0.1) is 0 Å². The molecule has 2 aromatic rings. The summed E-state index contributed by atoms with van der Waals surface area (Å²) in [5.41, 5.74) is 1.73. The van der Waals surface area contributed by atoms with E-state index in [0.717, 1.165) is 6.42 Å². The number of carbonyl (C=O) groups excluding carboxylic acids is 2. The second kappa shape index (κ2) is 9.28. The van der Waals surface area contributed by atoms with Gasteiger partial charge in [0.15, 0.2) is 0 Å². The predicted octanol–water partition coefficient (Wildman–Crippen LogP) is 3.46. The number of benzene rings is 2. The van der Waals surface area contributed by atoms with Gasteiger partial charge in [-0.3, -0.25) is 14.6 Å². The van der Waals surface area contributed by atoms with E-state index in [1.807, 2.05) is 19.1 Å². The van der Waals surface area contributed by atoms with Crippen LogP contribution in [-0.2, 0) is 9.53 Å². The third kappa shape index (κ3) is 4.12. The number of ether oxygens (including phenoxy) is 2. The highest BCUT2D eigenvalue weighted by Crippen LogP contribution is 2.32. The molecule has 146 valence electrons. The van der Waals surface area contributed by atoms with Crippen LogP contribution in [0.4, 0.5) is 5.69 Å². The van der Waals surface area contributed by atoms with Gasteiger partial charge in [0, 0.05) is 32.0 Å². The van der Waals surface area contributed by atoms with Crippen LogP contribution in [0.3, 0.4) is 0 Å². The first-order valence-corrected chi connectivity index (χ1v) is 9.36. The molecule has 0 saturated heterocycles. The molecule has 1 aliphatic rings. The molecular weight excluding hydrogens is 356 g/mol. The summed E-state index contributed by atoms with van der Waals surface area (Å²) in [7, 11) is 1.64. The lowest BCUT2D eigenvalue weighted by molar-refractivity contribution is -0.118. The van der Waals surface area contributed by atoms with E-state index in [-0.39, 0.29) is 11.8 Å². The second-order valence-corrected chi connectivity index (χ2v) is 6.37. The number of fused-ring (bicyclic) bond motifs is 1. The number of hydrogen-bond donors (Lipinski definition) is 0. The lowest BCUT2D eigenvalue weighted by atomic mass is 9.89. The number of methoxy groups -OCH3 is 1. The van der Waals surface area contributed by atoms with Crippen molar-refractivity contribution in [2.75, 3.05) is 31.8 Å². The maximum absolute atomic E-state index is 13.2. The Morgan fingerprint density at radius 1 is 1.11 bits per heavy atom. The summed E-state index contributed by atoms with van der Waals surface area (Å²) in [5, 5.41) is 0. The summed E-state index contributed by atoms with van der Waals surface area (Å²) in [6.07, 6.45) is 2.42. The molecule has 28 heavy (non-hydrogen) atoms. The van der Waals surface area contributed by atoms with Crippen molar-refractivity contribution in [3.05, 3.63) is 59.7 Å². The molecule has 0 aromatic heterocycles. The first-order chi connectivity index (χ1) is 13.7. The molecule has 0 fully saturated rings. The Morgan fingerprint density at radius 2 is 1.86 bits per heavy atom. The predicted molar refractivity (Wildman–Crippen MR) is 108 cm³/mol. The normalized spacial score (nSPS) is 16.5. The molecule has 1 aliphatic heterocycles. The lowest BCUT2D eigenvalue weighted by Crippen LogP contribution is -2.45. The van der Waals surface area contributed by atoms with Crippen LogP contribution in [0.25, 0.3) is 0 Å². The number of nitrogens with zero attached hydrogens (tertiary/aromatic N) is 2. The van der Waals surface area contributed by atoms with Gasteiger partial charge in [0.2, 0.25) is 5.91 Å². The molecule has 6 nitrogen and oxygen atoms in total. The maximum atomic E-state index is 13.2. The molecule has 0 saturated carbocycles. The van der Waals surface area contributed by atoms with Crippen LogP contribution in [0.15, 0.2) is 53.5 Å². The number of hydrogen-bond acceptors (Lipinski definition) is 5. The third-order valence-corrected chi connectivity index (χ3v) is 4.51. The molecule has 0 unspecified atom stereocenters. The van der Waals surface area contributed by atoms with E-state index in [1.165, 1.54) is 4.90 Å². The Morgan fingerprint density at radius 3 is 2.57 bits per heavy atom. The summed E-state index contributed by atoms with van der Waals surface area (Å²) >= 11 is 0. The number of amides is 2. The van der Waals surface area contributed by atoms with Crippen LogP contribution in [0.2, 0.25) is 0 Å². The SMILES string of the molecule is CCOc1ccc(N2C(=O)c3ccccc3[C@@H](C=NCCCOC)C2=O)cc1. The highest BCUT2D eigenvalue weighted by molar-refractivity contribution is 6.29. The molecule has 1 heterocycles. The Balaban J connectivity index is 1.92. The fourth-order valence-electron chi connectivity index (χ4n) is 3.18. The van der Waals surface area contributed by atoms with E-state index < -0.39 is 5.92 Å². The molecular formula is C22H24N2O4. The molecule has 0 N–H and O–H groups in total. The minimum absolute atomic E-state index is 0.302. The lowest BCUT2D eigenvalue weighted by Gasteiger charge is -2.31. The van der Waals surface area contributed by atoms with Crippen LogP contribution in [0, 0.1) is 0 Å². The summed E-state index contributed by atoms with van der Waals surface area (Å²) < 4.78 is 10.5. The van der Waals surface area contributed by atoms with Crippen molar-refractivity contribution in [2.24, 2.45) is 4.99 Å². The van der Waals surface area contributed by atoms with Crippen molar-refractivity contribution in [1.82, 2.24) is 0 Å². The van der Waals surface area contributed by atoms with Gasteiger partial charge in [0.25, 0.3) is 5.91 Å². The second-order valence-electron chi connectivity index (χ2n) is 6.37. The van der Waals surface area contributed by atoms with Gasteiger partial charge in [-0.05, 0) is 49.2 Å². The molecule has 3 rings (SSSR count). The minimum Gasteiger partial charge on any atom is -0.494 e. The van der Waals surface area contributed by atoms with Gasteiger partial charge in [-0.1, -0.05) is 18.2 Å². The molecule has 0 bridgehead atoms. The molecule has 2 amide bonds. The number of aliphatic imine (C=N–C) groups is 1. The average molecular weight is 380 g/mol. The highest BCUT2D eigenvalue weighted by atomic mass is 16.5. The van der Waals surface area contributed by atoms with E-state index in [1.54, 1.807) is 49.7 Å². The number of anilines is 1. The maximum Gasteiger partial charge on any atom is 0.265 e. The van der Waals surface area contributed by atoms with Crippen LogP contribution in [0.1, 0.15) is 35.2 Å². The average Bonchev–Trinajstić information content (AvgIpc) is 2.71. The molecule has 0 radical (unpaired) electrons. The summed E-state index contributed by atoms with van der Waals surface area (Å²) in [4.78, 5) is 31.8. The van der Waals surface area contributed by atoms with Gasteiger partial charge in [0.1, 0.15) is 5.75 Å². The van der Waals surface area contributed by atoms with E-state index in [0.29, 0.717) is 42.3 Å². The van der Waals surface area contributed by atoms with E-state index in [9.17, 15) is 9.59 Å². The van der Waals surface area contributed by atoms with E-state index in [4.69, 9.17) is 9.47 Å². The third-order valence-electron chi connectivity index (χ3n) is 4.51. The zero-order valence-electron chi connectivity index (χ0n) is 16.1. The van der Waals surface area contributed by atoms with Gasteiger partial charge in [-0.25, -0.2) is 4.90 Å². The van der Waals surface area contributed by atoms with Gasteiger partial charge in [-0.2, -0.15) is 0 Å². The zero-order chi connectivity index (χ0) is 19.9. The number of carbonyl (C=O) groups is 2. The first-order valence-electron chi connectivity index (χ1n) is 9.36. The molecule has 6 heteroatoms. The van der Waals surface area contributed by atoms with Gasteiger partial charge >= 0.3 is 0 Å². The Hall–Kier alpha value is -2.99. The largest absolute Gasteiger partial charge is 0.494 e. The number of imide groups is 1. The molecule has 0 aliphatic carbocycles. The van der Waals surface area contributed by atoms with Crippen molar-refractivity contribution in [2.45, 2.75) is 19.3 Å². The van der Waals surface area contributed by atoms with Crippen LogP contribution >= 0.6 is 0 Å². The van der Waals surface area contributed by atoms with Crippen LogP contribution < -0.4 is 9.64 Å². The first kappa shape index (κ1) is 19.8. The van der Waals surface area contributed by atoms with Crippen molar-refractivity contribution < 1.29 is 19.1 Å². The monoisotopic (exact) mass is 380 g/mol. The number of rotatable bonds is 8. The van der Waals surface area contributed by atoms with Gasteiger partial charge in [0.05, 0.1) is 18.2 Å². The molecule has 0 spiro atoms. The van der Waals surface area contributed by atoms with Crippen molar-refractivity contribution in [3.8, 4) is 5.75 Å². The van der Waals surface area contributed by atoms with Crippen LogP contribution in [0.5, 0.6) is 5.75 Å². The van der Waals surface area contributed by atoms with E-state index >= 15 is 0 Å². The molecule has 2 aromatic carbocycles. The fourth-order valence-corrected chi connectivity index (χ4v) is 3.18. The Kier molecular flexibility index (Phi) is 6.55. The highest BCUT2D eigenvalue weighted by Gasteiger charge is 2.38.